The van der Waals surface area contributed by atoms with Gasteiger partial charge in [0, 0.05) is 23.2 Å². The quantitative estimate of drug-likeness (QED) is 0.474. The van der Waals surface area contributed by atoms with Crippen molar-refractivity contribution in [1.29, 1.82) is 0 Å². The predicted molar refractivity (Wildman–Crippen MR) is 130 cm³/mol. The molecular weight excluding hydrogens is 488 g/mol. The van der Waals surface area contributed by atoms with Crippen molar-refractivity contribution in [2.24, 2.45) is 0 Å². The van der Waals surface area contributed by atoms with Crippen LogP contribution >= 0.6 is 15.9 Å². The molecule has 0 unspecified atom stereocenters. The fourth-order valence-electron chi connectivity index (χ4n) is 4.00. The normalized spacial score (nSPS) is 13.4. The number of fused-ring (bicyclic) bond motifs is 1. The minimum atomic E-state index is -3.88. The molecule has 0 aliphatic carbocycles. The van der Waals surface area contributed by atoms with Gasteiger partial charge in [0.15, 0.2) is 0 Å². The third-order valence-electron chi connectivity index (χ3n) is 5.71. The van der Waals surface area contributed by atoms with E-state index in [1.54, 1.807) is 24.0 Å². The topological polar surface area (TPSA) is 57.7 Å². The molecule has 0 atom stereocenters. The Morgan fingerprint density at radius 2 is 1.78 bits per heavy atom. The second-order valence-electron chi connectivity index (χ2n) is 8.10. The number of halogens is 1. The Labute approximate surface area is 197 Å². The third-order valence-corrected chi connectivity index (χ3v) is 8.14. The molecule has 0 bridgehead atoms. The minimum absolute atomic E-state index is 0.128. The van der Waals surface area contributed by atoms with Crippen molar-refractivity contribution in [3.05, 3.63) is 93.5 Å². The highest BCUT2D eigenvalue weighted by atomic mass is 79.9. The van der Waals surface area contributed by atoms with Crippen molar-refractivity contribution in [3.8, 4) is 0 Å². The molecule has 0 fully saturated rings. The van der Waals surface area contributed by atoms with Crippen molar-refractivity contribution < 1.29 is 13.2 Å². The number of aryl methyl sites for hydroxylation is 2. The first-order chi connectivity index (χ1) is 15.3. The molecule has 3 aromatic carbocycles. The summed E-state index contributed by atoms with van der Waals surface area (Å²) in [4.78, 5) is 15.3. The summed E-state index contributed by atoms with van der Waals surface area (Å²) in [5.74, 6) is -0.226. The number of benzene rings is 3. The number of amides is 1. The molecule has 0 radical (unpaired) electrons. The summed E-state index contributed by atoms with van der Waals surface area (Å²) in [5.41, 5.74) is 4.29. The lowest BCUT2D eigenvalue weighted by Crippen LogP contribution is -2.42. The van der Waals surface area contributed by atoms with E-state index in [1.165, 1.54) is 4.31 Å². The Morgan fingerprint density at radius 1 is 1.03 bits per heavy atom. The van der Waals surface area contributed by atoms with E-state index < -0.39 is 10.0 Å². The zero-order valence-electron chi connectivity index (χ0n) is 18.1. The van der Waals surface area contributed by atoms with Crippen molar-refractivity contribution in [3.63, 3.8) is 0 Å². The molecule has 1 aliphatic heterocycles. The molecule has 5 nitrogen and oxygen atoms in total. The van der Waals surface area contributed by atoms with Gasteiger partial charge in [-0.05, 0) is 66.8 Å². The van der Waals surface area contributed by atoms with Crippen LogP contribution < -0.4 is 4.90 Å². The zero-order chi connectivity index (χ0) is 22.9. The smallest absolute Gasteiger partial charge is 0.244 e. The molecule has 4 rings (SSSR count). The number of nitrogens with zero attached hydrogens (tertiary/aromatic N) is 2. The predicted octanol–water partition coefficient (Wildman–Crippen LogP) is 4.85. The third kappa shape index (κ3) is 4.65. The Kier molecular flexibility index (Phi) is 6.51. The molecule has 166 valence electrons. The average Bonchev–Trinajstić information content (AvgIpc) is 3.18. The number of carbonyl (C=O) groups is 1. The van der Waals surface area contributed by atoms with Crippen molar-refractivity contribution in [2.75, 3.05) is 18.0 Å². The van der Waals surface area contributed by atoms with Gasteiger partial charge in [-0.1, -0.05) is 58.4 Å². The van der Waals surface area contributed by atoms with Crippen molar-refractivity contribution in [1.82, 2.24) is 4.31 Å². The Bertz CT molecular complexity index is 1260. The highest BCUT2D eigenvalue weighted by Crippen LogP contribution is 2.31. The van der Waals surface area contributed by atoms with E-state index in [4.69, 9.17) is 0 Å². The van der Waals surface area contributed by atoms with Gasteiger partial charge in [0.05, 0.1) is 11.4 Å². The van der Waals surface area contributed by atoms with Crippen molar-refractivity contribution in [2.45, 2.75) is 31.7 Å². The summed E-state index contributed by atoms with van der Waals surface area (Å²) in [5, 5.41) is 0. The van der Waals surface area contributed by atoms with Crippen LogP contribution in [-0.2, 0) is 27.8 Å². The maximum absolute atomic E-state index is 13.7. The lowest BCUT2D eigenvalue weighted by molar-refractivity contribution is -0.118. The Balaban J connectivity index is 1.68. The Morgan fingerprint density at radius 3 is 2.53 bits per heavy atom. The van der Waals surface area contributed by atoms with E-state index in [9.17, 15) is 13.2 Å². The SMILES string of the molecule is Cc1ccc(C)c(S(=O)(=O)N(CC(=O)N2CCc3cc(Br)ccc32)Cc2ccccc2)c1. The Hall–Kier alpha value is -2.48. The first-order valence-corrected chi connectivity index (χ1v) is 12.7. The molecule has 3 aromatic rings. The molecule has 1 heterocycles. The molecule has 0 N–H and O–H groups in total. The van der Waals surface area contributed by atoms with Crippen LogP contribution in [-0.4, -0.2) is 31.7 Å². The number of carbonyl (C=O) groups excluding carboxylic acids is 1. The van der Waals surface area contributed by atoms with Crippen LogP contribution in [0.2, 0.25) is 0 Å². The molecule has 0 saturated carbocycles. The van der Waals surface area contributed by atoms with Crippen LogP contribution in [0.25, 0.3) is 0 Å². The molecular formula is C25H25BrN2O3S. The molecule has 0 aromatic heterocycles. The second kappa shape index (κ2) is 9.17. The summed E-state index contributed by atoms with van der Waals surface area (Å²) in [6, 6.07) is 20.6. The van der Waals surface area contributed by atoms with Crippen LogP contribution in [0.15, 0.2) is 76.1 Å². The summed E-state index contributed by atoms with van der Waals surface area (Å²) in [7, 11) is -3.88. The van der Waals surface area contributed by atoms with Gasteiger partial charge in [-0.2, -0.15) is 4.31 Å². The zero-order valence-corrected chi connectivity index (χ0v) is 20.5. The van der Waals surface area contributed by atoms with E-state index in [-0.39, 0.29) is 23.9 Å². The summed E-state index contributed by atoms with van der Waals surface area (Å²) in [6.45, 7) is 4.10. The number of anilines is 1. The van der Waals surface area contributed by atoms with Crippen molar-refractivity contribution >= 4 is 37.5 Å². The van der Waals surface area contributed by atoms with Gasteiger partial charge in [0.25, 0.3) is 0 Å². The first-order valence-electron chi connectivity index (χ1n) is 10.5. The van der Waals surface area contributed by atoms with Gasteiger partial charge in [-0.25, -0.2) is 8.42 Å². The average molecular weight is 513 g/mol. The van der Waals surface area contributed by atoms with Crippen LogP contribution in [0.1, 0.15) is 22.3 Å². The van der Waals surface area contributed by atoms with Crippen LogP contribution in [0.4, 0.5) is 5.69 Å². The second-order valence-corrected chi connectivity index (χ2v) is 10.9. The maximum Gasteiger partial charge on any atom is 0.244 e. The van der Waals surface area contributed by atoms with Gasteiger partial charge < -0.3 is 4.90 Å². The van der Waals surface area contributed by atoms with Gasteiger partial charge in [-0.15, -0.1) is 0 Å². The fourth-order valence-corrected chi connectivity index (χ4v) is 6.10. The maximum atomic E-state index is 13.7. The van der Waals surface area contributed by atoms with Crippen LogP contribution in [0.5, 0.6) is 0 Å². The monoisotopic (exact) mass is 512 g/mol. The van der Waals surface area contributed by atoms with E-state index in [0.717, 1.165) is 33.3 Å². The lowest BCUT2D eigenvalue weighted by Gasteiger charge is -2.26. The van der Waals surface area contributed by atoms with E-state index >= 15 is 0 Å². The summed E-state index contributed by atoms with van der Waals surface area (Å²) in [6.07, 6.45) is 0.753. The molecule has 0 spiro atoms. The van der Waals surface area contributed by atoms with Gasteiger partial charge in [-0.3, -0.25) is 4.79 Å². The van der Waals surface area contributed by atoms with Gasteiger partial charge in [0.1, 0.15) is 0 Å². The molecule has 1 amide bonds. The highest BCUT2D eigenvalue weighted by Gasteiger charge is 2.32. The van der Waals surface area contributed by atoms with Crippen LogP contribution in [0, 0.1) is 13.8 Å². The number of sulfonamides is 1. The first kappa shape index (κ1) is 22.7. The standard InChI is InChI=1S/C25H25BrN2O3S/c1-18-8-9-19(2)24(14-18)32(30,31)27(16-20-6-4-3-5-7-20)17-25(29)28-13-12-21-15-22(26)10-11-23(21)28/h3-11,14-15H,12-13,16-17H2,1-2H3. The summed E-state index contributed by atoms with van der Waals surface area (Å²) < 4.78 is 29.7. The molecule has 32 heavy (non-hydrogen) atoms. The number of rotatable bonds is 6. The number of hydrogen-bond donors (Lipinski definition) is 0. The molecule has 0 saturated heterocycles. The molecule has 1 aliphatic rings. The van der Waals surface area contributed by atoms with Crippen LogP contribution in [0.3, 0.4) is 0 Å². The number of hydrogen-bond acceptors (Lipinski definition) is 3. The highest BCUT2D eigenvalue weighted by molar-refractivity contribution is 9.10. The lowest BCUT2D eigenvalue weighted by atomic mass is 10.2. The van der Waals surface area contributed by atoms with Gasteiger partial charge >= 0.3 is 0 Å². The summed E-state index contributed by atoms with van der Waals surface area (Å²) >= 11 is 3.47. The minimum Gasteiger partial charge on any atom is -0.311 e. The molecule has 7 heteroatoms. The fraction of sp³-hybridized carbons (Fsp3) is 0.240. The van der Waals surface area contributed by atoms with Gasteiger partial charge in [0.2, 0.25) is 15.9 Å². The van der Waals surface area contributed by atoms with E-state index in [2.05, 4.69) is 15.9 Å². The van der Waals surface area contributed by atoms with E-state index in [0.29, 0.717) is 12.1 Å². The van der Waals surface area contributed by atoms with E-state index in [1.807, 2.05) is 61.5 Å². The largest absolute Gasteiger partial charge is 0.311 e.